The number of halogens is 2. The van der Waals surface area contributed by atoms with Gasteiger partial charge in [-0.2, -0.15) is 4.68 Å². The lowest BCUT2D eigenvalue weighted by molar-refractivity contribution is -0.931. The molecule has 1 saturated heterocycles. The van der Waals surface area contributed by atoms with Gasteiger partial charge in [0, 0.05) is 5.56 Å². The van der Waals surface area contributed by atoms with Crippen LogP contribution in [0.2, 0.25) is 5.02 Å². The third-order valence-corrected chi connectivity index (χ3v) is 6.00. The lowest BCUT2D eigenvalue weighted by atomic mass is 10.1. The Bertz CT molecular complexity index is 1100. The van der Waals surface area contributed by atoms with Crippen molar-refractivity contribution in [1.82, 2.24) is 14.3 Å². The number of nitrogens with one attached hydrogen (secondary N) is 1. The maximum absolute atomic E-state index is 13.7. The van der Waals surface area contributed by atoms with Crippen LogP contribution in [0.3, 0.4) is 0 Å². The van der Waals surface area contributed by atoms with Crippen LogP contribution in [0.1, 0.15) is 12.8 Å². The normalized spacial score (nSPS) is 19.1. The van der Waals surface area contributed by atoms with Gasteiger partial charge in [0.1, 0.15) is 24.2 Å². The first-order valence-corrected chi connectivity index (χ1v) is 10.6. The molecule has 30 heavy (non-hydrogen) atoms. The maximum atomic E-state index is 13.7. The number of rotatable bonds is 5. The highest BCUT2D eigenvalue weighted by atomic mass is 35.5. The van der Waals surface area contributed by atoms with Crippen LogP contribution in [0.25, 0.3) is 17.1 Å². The summed E-state index contributed by atoms with van der Waals surface area (Å²) in [5, 5.41) is 14.8. The molecule has 9 heteroatoms. The Morgan fingerprint density at radius 3 is 2.73 bits per heavy atom. The standard InChI is InChI=1S/C21H22ClFN4O2S/c1-29-17-7-4-14(5-8-17)20-24-26(13-25-10-2-3-16(28)12-25)21(30)27(20)15-6-9-19(23)18(22)11-15/h4-9,11,16,28H,2-3,10,12-13H2,1H3/p+1/t16-/m0/s1. The van der Waals surface area contributed by atoms with Crippen molar-refractivity contribution in [3.8, 4) is 22.8 Å². The monoisotopic (exact) mass is 449 g/mol. The molecular weight excluding hydrogens is 427 g/mol. The molecule has 2 heterocycles. The van der Waals surface area contributed by atoms with E-state index >= 15 is 0 Å². The summed E-state index contributed by atoms with van der Waals surface area (Å²) >= 11 is 11.8. The van der Waals surface area contributed by atoms with Gasteiger partial charge in [-0.1, -0.05) is 11.6 Å². The average Bonchev–Trinajstić information content (AvgIpc) is 3.06. The van der Waals surface area contributed by atoms with Crippen molar-refractivity contribution in [2.75, 3.05) is 20.2 Å². The first kappa shape index (κ1) is 21.0. The zero-order valence-electron chi connectivity index (χ0n) is 16.5. The van der Waals surface area contributed by atoms with Gasteiger partial charge in [0.05, 0.1) is 24.4 Å². The quantitative estimate of drug-likeness (QED) is 0.588. The number of hydrogen-bond donors (Lipinski definition) is 2. The van der Waals surface area contributed by atoms with Crippen molar-refractivity contribution in [3.05, 3.63) is 58.1 Å². The molecule has 0 radical (unpaired) electrons. The van der Waals surface area contributed by atoms with E-state index in [1.807, 2.05) is 24.3 Å². The molecule has 1 aliphatic rings. The van der Waals surface area contributed by atoms with E-state index in [1.54, 1.807) is 28.5 Å². The van der Waals surface area contributed by atoms with Gasteiger partial charge in [-0.15, -0.1) is 5.10 Å². The van der Waals surface area contributed by atoms with Gasteiger partial charge in [0.2, 0.25) is 4.77 Å². The SMILES string of the molecule is COc1ccc(-c2nn(C[NH+]3CCC[C@H](O)C3)c(=S)n2-c2ccc(F)c(Cl)c2)cc1. The highest BCUT2D eigenvalue weighted by Gasteiger charge is 2.23. The Balaban J connectivity index is 1.79. The Morgan fingerprint density at radius 1 is 1.30 bits per heavy atom. The molecule has 2 N–H and O–H groups in total. The van der Waals surface area contributed by atoms with Crippen LogP contribution >= 0.6 is 23.8 Å². The fraction of sp³-hybridized carbons (Fsp3) is 0.333. The molecule has 1 fully saturated rings. The Kier molecular flexibility index (Phi) is 6.19. The number of nitrogens with zero attached hydrogens (tertiary/aromatic N) is 3. The third-order valence-electron chi connectivity index (χ3n) is 5.31. The number of hydrogen-bond acceptors (Lipinski definition) is 4. The minimum Gasteiger partial charge on any atom is -0.497 e. The number of aromatic nitrogens is 3. The van der Waals surface area contributed by atoms with E-state index in [9.17, 15) is 9.50 Å². The first-order chi connectivity index (χ1) is 14.5. The van der Waals surface area contributed by atoms with E-state index < -0.39 is 5.82 Å². The van der Waals surface area contributed by atoms with Crippen molar-refractivity contribution in [2.24, 2.45) is 0 Å². The van der Waals surface area contributed by atoms with E-state index in [0.29, 0.717) is 29.5 Å². The van der Waals surface area contributed by atoms with Crippen LogP contribution < -0.4 is 9.64 Å². The minimum atomic E-state index is -0.489. The van der Waals surface area contributed by atoms with Crippen LogP contribution in [0.4, 0.5) is 4.39 Å². The van der Waals surface area contributed by atoms with Crippen LogP contribution in [0, 0.1) is 10.6 Å². The predicted molar refractivity (Wildman–Crippen MR) is 115 cm³/mol. The fourth-order valence-electron chi connectivity index (χ4n) is 3.78. The highest BCUT2D eigenvalue weighted by Crippen LogP contribution is 2.27. The van der Waals surface area contributed by atoms with Gasteiger partial charge >= 0.3 is 0 Å². The molecule has 0 amide bonds. The van der Waals surface area contributed by atoms with E-state index in [-0.39, 0.29) is 11.1 Å². The number of ether oxygens (including phenoxy) is 1. The van der Waals surface area contributed by atoms with Crippen LogP contribution in [-0.4, -0.2) is 45.8 Å². The summed E-state index contributed by atoms with van der Waals surface area (Å²) < 4.78 is 23.0. The number of piperidine rings is 1. The molecule has 0 saturated carbocycles. The molecule has 1 aromatic heterocycles. The topological polar surface area (TPSA) is 56.6 Å². The van der Waals surface area contributed by atoms with Crippen molar-refractivity contribution in [3.63, 3.8) is 0 Å². The van der Waals surface area contributed by atoms with Crippen LogP contribution in [0.5, 0.6) is 5.75 Å². The zero-order valence-corrected chi connectivity index (χ0v) is 18.1. The van der Waals surface area contributed by atoms with Crippen molar-refractivity contribution < 1.29 is 19.1 Å². The van der Waals surface area contributed by atoms with Gasteiger partial charge in [0.15, 0.2) is 12.5 Å². The van der Waals surface area contributed by atoms with Crippen molar-refractivity contribution >= 4 is 23.8 Å². The van der Waals surface area contributed by atoms with Crippen molar-refractivity contribution in [1.29, 1.82) is 0 Å². The molecule has 6 nitrogen and oxygen atoms in total. The fourth-order valence-corrected chi connectivity index (χ4v) is 4.25. The molecule has 1 aliphatic heterocycles. The van der Waals surface area contributed by atoms with Gasteiger partial charge in [0.25, 0.3) is 0 Å². The van der Waals surface area contributed by atoms with Gasteiger partial charge < -0.3 is 14.7 Å². The molecule has 2 aromatic carbocycles. The molecule has 2 atom stereocenters. The Hall–Kier alpha value is -2.26. The zero-order chi connectivity index (χ0) is 21.3. The summed E-state index contributed by atoms with van der Waals surface area (Å²) in [5.41, 5.74) is 1.48. The van der Waals surface area contributed by atoms with E-state index in [1.165, 1.54) is 11.0 Å². The number of aliphatic hydroxyl groups excluding tert-OH is 1. The van der Waals surface area contributed by atoms with Gasteiger partial charge in [-0.05, 0) is 67.5 Å². The predicted octanol–water partition coefficient (Wildman–Crippen LogP) is 2.87. The average molecular weight is 450 g/mol. The second-order valence-corrected chi connectivity index (χ2v) is 8.20. The van der Waals surface area contributed by atoms with E-state index in [0.717, 1.165) is 30.7 Å². The van der Waals surface area contributed by atoms with Crippen molar-refractivity contribution in [2.45, 2.75) is 25.6 Å². The molecular formula is C21H23ClFN4O2S+. The molecule has 4 rings (SSSR count). The molecule has 0 spiro atoms. The first-order valence-electron chi connectivity index (χ1n) is 9.77. The summed E-state index contributed by atoms with van der Waals surface area (Å²) in [6.45, 7) is 2.15. The minimum absolute atomic E-state index is 0.0209. The largest absolute Gasteiger partial charge is 0.497 e. The summed E-state index contributed by atoms with van der Waals surface area (Å²) in [4.78, 5) is 1.22. The lowest BCUT2D eigenvalue weighted by Crippen LogP contribution is -3.13. The number of quaternary nitrogens is 1. The lowest BCUT2D eigenvalue weighted by Gasteiger charge is -2.26. The van der Waals surface area contributed by atoms with Gasteiger partial charge in [-0.3, -0.25) is 4.57 Å². The molecule has 3 aromatic rings. The number of benzene rings is 2. The summed E-state index contributed by atoms with van der Waals surface area (Å²) in [7, 11) is 1.61. The highest BCUT2D eigenvalue weighted by molar-refractivity contribution is 7.71. The third kappa shape index (κ3) is 4.27. The second kappa shape index (κ2) is 8.85. The smallest absolute Gasteiger partial charge is 0.207 e. The Morgan fingerprint density at radius 2 is 2.07 bits per heavy atom. The number of methoxy groups -OCH3 is 1. The summed E-state index contributed by atoms with van der Waals surface area (Å²) in [6, 6.07) is 12.0. The van der Waals surface area contributed by atoms with E-state index in [2.05, 4.69) is 0 Å². The molecule has 158 valence electrons. The summed E-state index contributed by atoms with van der Waals surface area (Å²) in [5.74, 6) is 0.874. The van der Waals surface area contributed by atoms with Gasteiger partial charge in [-0.25, -0.2) is 4.39 Å². The Labute approximate surface area is 184 Å². The van der Waals surface area contributed by atoms with E-state index in [4.69, 9.17) is 33.7 Å². The van der Waals surface area contributed by atoms with Crippen LogP contribution in [-0.2, 0) is 6.67 Å². The number of aliphatic hydroxyl groups is 1. The molecule has 0 aliphatic carbocycles. The molecule has 0 bridgehead atoms. The number of likely N-dealkylation sites (tertiary alicyclic amines) is 1. The second-order valence-electron chi connectivity index (χ2n) is 7.43. The summed E-state index contributed by atoms with van der Waals surface area (Å²) in [6.07, 6.45) is 1.49. The maximum Gasteiger partial charge on any atom is 0.207 e. The molecule has 1 unspecified atom stereocenters. The van der Waals surface area contributed by atoms with Crippen LogP contribution in [0.15, 0.2) is 42.5 Å².